The maximum Gasteiger partial charge on any atom is 0.234 e. The lowest BCUT2D eigenvalue weighted by Crippen LogP contribution is -2.47. The molecule has 0 aromatic heterocycles. The average molecular weight is 232 g/mol. The minimum absolute atomic E-state index is 0.0794. The molecule has 0 bridgehead atoms. The number of nitrogens with two attached hydrogens (primary N) is 1. The van der Waals surface area contributed by atoms with Gasteiger partial charge in [0.2, 0.25) is 5.91 Å². The number of likely N-dealkylation sites (tertiary alicyclic amines) is 1. The van der Waals surface area contributed by atoms with E-state index < -0.39 is 0 Å². The number of primary amides is 1. The predicted molar refractivity (Wildman–Crippen MR) is 68.4 cm³/mol. The lowest BCUT2D eigenvalue weighted by molar-refractivity contribution is -0.124. The lowest BCUT2D eigenvalue weighted by Gasteiger charge is -2.33. The third-order valence-electron chi connectivity index (χ3n) is 3.41. The van der Waals surface area contributed by atoms with E-state index in [1.54, 1.807) is 0 Å². The highest BCUT2D eigenvalue weighted by atomic mass is 16.1. The van der Waals surface area contributed by atoms with E-state index in [-0.39, 0.29) is 11.9 Å². The summed E-state index contributed by atoms with van der Waals surface area (Å²) in [5, 5.41) is 0. The zero-order valence-corrected chi connectivity index (χ0v) is 10.4. The van der Waals surface area contributed by atoms with E-state index in [1.165, 1.54) is 11.1 Å². The fraction of sp³-hybridized carbons (Fsp3) is 0.500. The van der Waals surface area contributed by atoms with Crippen molar-refractivity contribution in [1.82, 2.24) is 4.90 Å². The van der Waals surface area contributed by atoms with Gasteiger partial charge in [0.1, 0.15) is 0 Å². The van der Waals surface area contributed by atoms with Crippen molar-refractivity contribution < 1.29 is 4.79 Å². The molecule has 3 heteroatoms. The Kier molecular flexibility index (Phi) is 3.79. The summed E-state index contributed by atoms with van der Waals surface area (Å²) in [5.41, 5.74) is 7.98. The fourth-order valence-electron chi connectivity index (χ4n) is 2.55. The smallest absolute Gasteiger partial charge is 0.234 e. The topological polar surface area (TPSA) is 46.3 Å². The molecule has 1 aliphatic rings. The molecule has 1 aromatic carbocycles. The van der Waals surface area contributed by atoms with Crippen molar-refractivity contribution in [2.45, 2.75) is 38.8 Å². The second-order valence-electron chi connectivity index (χ2n) is 4.87. The van der Waals surface area contributed by atoms with Gasteiger partial charge in [0.15, 0.2) is 0 Å². The Bertz CT molecular complexity index is 403. The standard InChI is InChI=1S/C14H20N2O/c1-11-5-4-6-12(9-11)10-16-8-3-2-7-13(16)14(15)17/h4-6,9,13H,2-3,7-8,10H2,1H3,(H2,15,17). The molecule has 92 valence electrons. The molecule has 1 saturated heterocycles. The number of aryl methyl sites for hydroxylation is 1. The normalized spacial score (nSPS) is 21.4. The molecule has 0 aliphatic carbocycles. The average Bonchev–Trinajstić information content (AvgIpc) is 2.29. The first-order valence-electron chi connectivity index (χ1n) is 6.26. The van der Waals surface area contributed by atoms with Crippen LogP contribution in [-0.2, 0) is 11.3 Å². The molecular formula is C14H20N2O. The highest BCUT2D eigenvalue weighted by Gasteiger charge is 2.26. The fourth-order valence-corrected chi connectivity index (χ4v) is 2.55. The van der Waals surface area contributed by atoms with Crippen LogP contribution in [0.5, 0.6) is 0 Å². The summed E-state index contributed by atoms with van der Waals surface area (Å²) in [6, 6.07) is 8.36. The summed E-state index contributed by atoms with van der Waals surface area (Å²) in [7, 11) is 0. The Hall–Kier alpha value is -1.35. The van der Waals surface area contributed by atoms with Gasteiger partial charge in [0.25, 0.3) is 0 Å². The molecule has 3 nitrogen and oxygen atoms in total. The highest BCUT2D eigenvalue weighted by Crippen LogP contribution is 2.19. The van der Waals surface area contributed by atoms with Crippen LogP contribution in [0.15, 0.2) is 24.3 Å². The quantitative estimate of drug-likeness (QED) is 0.864. The molecule has 1 aromatic rings. The minimum Gasteiger partial charge on any atom is -0.368 e. The Morgan fingerprint density at radius 2 is 2.29 bits per heavy atom. The van der Waals surface area contributed by atoms with Gasteiger partial charge in [-0.1, -0.05) is 36.2 Å². The SMILES string of the molecule is Cc1cccc(CN2CCCCC2C(N)=O)c1. The minimum atomic E-state index is -0.183. The molecular weight excluding hydrogens is 212 g/mol. The Morgan fingerprint density at radius 1 is 1.47 bits per heavy atom. The monoisotopic (exact) mass is 232 g/mol. The molecule has 1 amide bonds. The van der Waals surface area contributed by atoms with Crippen LogP contribution in [0.4, 0.5) is 0 Å². The van der Waals surface area contributed by atoms with Crippen LogP contribution in [0.3, 0.4) is 0 Å². The number of piperidine rings is 1. The van der Waals surface area contributed by atoms with Gasteiger partial charge in [0, 0.05) is 6.54 Å². The molecule has 17 heavy (non-hydrogen) atoms. The maximum atomic E-state index is 11.4. The summed E-state index contributed by atoms with van der Waals surface area (Å²) in [6.07, 6.45) is 3.18. The molecule has 1 aliphatic heterocycles. The van der Waals surface area contributed by atoms with Gasteiger partial charge in [0.05, 0.1) is 6.04 Å². The Labute approximate surface area is 103 Å². The summed E-state index contributed by atoms with van der Waals surface area (Å²) in [5.74, 6) is -0.183. The first-order chi connectivity index (χ1) is 8.16. The van der Waals surface area contributed by atoms with Crippen LogP contribution >= 0.6 is 0 Å². The van der Waals surface area contributed by atoms with Crippen LogP contribution in [0, 0.1) is 6.92 Å². The van der Waals surface area contributed by atoms with Crippen molar-refractivity contribution in [3.63, 3.8) is 0 Å². The summed E-state index contributed by atoms with van der Waals surface area (Å²) in [6.45, 7) is 3.89. The van der Waals surface area contributed by atoms with Gasteiger partial charge in [-0.05, 0) is 31.9 Å². The molecule has 1 heterocycles. The highest BCUT2D eigenvalue weighted by molar-refractivity contribution is 5.79. The van der Waals surface area contributed by atoms with E-state index in [2.05, 4.69) is 36.1 Å². The molecule has 2 rings (SSSR count). The third kappa shape index (κ3) is 3.07. The van der Waals surface area contributed by atoms with E-state index in [0.29, 0.717) is 0 Å². The Balaban J connectivity index is 2.08. The van der Waals surface area contributed by atoms with Crippen LogP contribution in [-0.4, -0.2) is 23.4 Å². The number of hydrogen-bond acceptors (Lipinski definition) is 2. The van der Waals surface area contributed by atoms with Gasteiger partial charge in [-0.15, -0.1) is 0 Å². The molecule has 1 fully saturated rings. The van der Waals surface area contributed by atoms with Gasteiger partial charge in [-0.3, -0.25) is 9.69 Å². The number of rotatable bonds is 3. The van der Waals surface area contributed by atoms with E-state index in [0.717, 1.165) is 32.4 Å². The van der Waals surface area contributed by atoms with Crippen LogP contribution in [0.25, 0.3) is 0 Å². The van der Waals surface area contributed by atoms with Gasteiger partial charge < -0.3 is 5.73 Å². The molecule has 0 radical (unpaired) electrons. The maximum absolute atomic E-state index is 11.4. The van der Waals surface area contributed by atoms with Gasteiger partial charge in [-0.25, -0.2) is 0 Å². The first-order valence-corrected chi connectivity index (χ1v) is 6.26. The summed E-state index contributed by atoms with van der Waals surface area (Å²) < 4.78 is 0. The van der Waals surface area contributed by atoms with Crippen LogP contribution < -0.4 is 5.73 Å². The van der Waals surface area contributed by atoms with Gasteiger partial charge in [-0.2, -0.15) is 0 Å². The lowest BCUT2D eigenvalue weighted by atomic mass is 10.0. The molecule has 2 N–H and O–H groups in total. The van der Waals surface area contributed by atoms with E-state index in [4.69, 9.17) is 5.73 Å². The molecule has 1 unspecified atom stereocenters. The van der Waals surface area contributed by atoms with Crippen molar-refractivity contribution in [2.24, 2.45) is 5.73 Å². The zero-order valence-electron chi connectivity index (χ0n) is 10.4. The predicted octanol–water partition coefficient (Wildman–Crippen LogP) is 1.83. The number of nitrogens with zero attached hydrogens (tertiary/aromatic N) is 1. The van der Waals surface area contributed by atoms with E-state index in [1.807, 2.05) is 0 Å². The van der Waals surface area contributed by atoms with Crippen LogP contribution in [0.2, 0.25) is 0 Å². The van der Waals surface area contributed by atoms with Crippen molar-refractivity contribution in [2.75, 3.05) is 6.54 Å². The van der Waals surface area contributed by atoms with Crippen molar-refractivity contribution in [3.05, 3.63) is 35.4 Å². The number of carbonyl (C=O) groups is 1. The zero-order chi connectivity index (χ0) is 12.3. The number of carbonyl (C=O) groups excluding carboxylic acids is 1. The van der Waals surface area contributed by atoms with Crippen molar-refractivity contribution >= 4 is 5.91 Å². The second-order valence-corrected chi connectivity index (χ2v) is 4.87. The summed E-state index contributed by atoms with van der Waals surface area (Å²) >= 11 is 0. The van der Waals surface area contributed by atoms with Gasteiger partial charge >= 0.3 is 0 Å². The summed E-state index contributed by atoms with van der Waals surface area (Å²) in [4.78, 5) is 13.6. The molecule has 1 atom stereocenters. The number of hydrogen-bond donors (Lipinski definition) is 1. The first kappa shape index (κ1) is 12.1. The van der Waals surface area contributed by atoms with Crippen LogP contribution in [0.1, 0.15) is 30.4 Å². The third-order valence-corrected chi connectivity index (χ3v) is 3.41. The molecule has 0 saturated carbocycles. The number of amides is 1. The Morgan fingerprint density at radius 3 is 3.00 bits per heavy atom. The number of benzene rings is 1. The largest absolute Gasteiger partial charge is 0.368 e. The van der Waals surface area contributed by atoms with Crippen molar-refractivity contribution in [3.8, 4) is 0 Å². The van der Waals surface area contributed by atoms with E-state index in [9.17, 15) is 4.79 Å². The second kappa shape index (κ2) is 5.32. The van der Waals surface area contributed by atoms with Crippen molar-refractivity contribution in [1.29, 1.82) is 0 Å². The van der Waals surface area contributed by atoms with E-state index >= 15 is 0 Å². The molecule has 0 spiro atoms.